The lowest BCUT2D eigenvalue weighted by molar-refractivity contribution is -0.138. The second-order valence-corrected chi connectivity index (χ2v) is 12.6. The Hall–Kier alpha value is -3.17. The number of hydrogen-bond donors (Lipinski definition) is 1. The van der Waals surface area contributed by atoms with E-state index in [0.29, 0.717) is 23.7 Å². The molecule has 3 aromatic rings. The summed E-state index contributed by atoms with van der Waals surface area (Å²) in [4.78, 5) is 17.5. The number of nitrogens with one attached hydrogen (secondary N) is 1. The highest BCUT2D eigenvalue weighted by atomic mass is 19.4. The second kappa shape index (κ2) is 9.98. The third-order valence-corrected chi connectivity index (χ3v) is 9.90. The quantitative estimate of drug-likeness (QED) is 0.382. The van der Waals surface area contributed by atoms with Crippen molar-refractivity contribution in [1.82, 2.24) is 15.4 Å². The zero-order valence-corrected chi connectivity index (χ0v) is 23.3. The maximum Gasteiger partial charge on any atom is 0.416 e. The van der Waals surface area contributed by atoms with Crippen LogP contribution in [0.1, 0.15) is 81.9 Å². The third kappa shape index (κ3) is 4.77. The number of likely N-dealkylation sites (tertiary alicyclic amines) is 1. The Morgan fingerprint density at radius 1 is 1.20 bits per heavy atom. The number of carbonyl (C=O) groups excluding carboxylic acids is 1. The number of amides is 1. The second-order valence-electron chi connectivity index (χ2n) is 12.6. The number of aromatic nitrogens is 1. The molecule has 41 heavy (non-hydrogen) atoms. The molecule has 2 saturated heterocycles. The molecule has 4 heterocycles. The highest BCUT2D eigenvalue weighted by molar-refractivity contribution is 6.10. The molecule has 6 nitrogen and oxygen atoms in total. The van der Waals surface area contributed by atoms with Crippen molar-refractivity contribution in [2.75, 3.05) is 31.1 Å². The van der Waals surface area contributed by atoms with Crippen LogP contribution >= 0.6 is 0 Å². The minimum absolute atomic E-state index is 0.0266. The number of fused-ring (bicyclic) bond motifs is 1. The third-order valence-electron chi connectivity index (χ3n) is 9.90. The number of anilines is 1. The number of rotatable bonds is 6. The van der Waals surface area contributed by atoms with E-state index in [1.807, 2.05) is 31.2 Å². The normalized spacial score (nSPS) is 23.9. The fourth-order valence-electron chi connectivity index (χ4n) is 7.49. The summed E-state index contributed by atoms with van der Waals surface area (Å²) >= 11 is 0. The van der Waals surface area contributed by atoms with Crippen LogP contribution in [0.5, 0.6) is 0 Å². The van der Waals surface area contributed by atoms with E-state index in [1.54, 1.807) is 12.3 Å². The summed E-state index contributed by atoms with van der Waals surface area (Å²) in [5.41, 5.74) is 3.80. The molecule has 7 rings (SSSR count). The Kier molecular flexibility index (Phi) is 6.50. The summed E-state index contributed by atoms with van der Waals surface area (Å²) in [5.74, 6) is 0.0727. The van der Waals surface area contributed by atoms with Crippen LogP contribution in [0, 0.1) is 18.3 Å². The Morgan fingerprint density at radius 3 is 2.73 bits per heavy atom. The summed E-state index contributed by atoms with van der Waals surface area (Å²) in [6, 6.07) is 10.6. The molecule has 1 N–H and O–H groups in total. The van der Waals surface area contributed by atoms with Crippen LogP contribution in [0.15, 0.2) is 47.2 Å². The van der Waals surface area contributed by atoms with Crippen LogP contribution in [0.4, 0.5) is 18.9 Å². The van der Waals surface area contributed by atoms with Crippen LogP contribution in [-0.2, 0) is 19.3 Å². The SMILES string of the molecule is Cc1conc1[C@@H](c1cccc(N2Cc3c(cc(CN4CC[C@]5(CCNC5)C4)cc3C(F)(F)F)C2=O)c1)C1CCC1. The summed E-state index contributed by atoms with van der Waals surface area (Å²) in [5, 5.41) is 7.72. The van der Waals surface area contributed by atoms with Gasteiger partial charge >= 0.3 is 6.18 Å². The van der Waals surface area contributed by atoms with Gasteiger partial charge in [-0.25, -0.2) is 0 Å². The van der Waals surface area contributed by atoms with Crippen molar-refractivity contribution in [2.45, 2.75) is 64.2 Å². The number of carbonyl (C=O) groups is 1. The van der Waals surface area contributed by atoms with Gasteiger partial charge in [-0.1, -0.05) is 23.7 Å². The molecule has 1 aliphatic carbocycles. The van der Waals surface area contributed by atoms with Gasteiger partial charge in [0.05, 0.1) is 17.8 Å². The van der Waals surface area contributed by atoms with Gasteiger partial charge in [0.25, 0.3) is 5.91 Å². The van der Waals surface area contributed by atoms with E-state index in [4.69, 9.17) is 4.52 Å². The van der Waals surface area contributed by atoms with Gasteiger partial charge in [0.2, 0.25) is 0 Å². The summed E-state index contributed by atoms with van der Waals surface area (Å²) in [6.07, 6.45) is 2.59. The summed E-state index contributed by atoms with van der Waals surface area (Å²) in [6.45, 7) is 5.99. The first-order valence-electron chi connectivity index (χ1n) is 14.7. The van der Waals surface area contributed by atoms with E-state index in [9.17, 15) is 18.0 Å². The molecule has 1 spiro atoms. The Morgan fingerprint density at radius 2 is 2.05 bits per heavy atom. The van der Waals surface area contributed by atoms with E-state index >= 15 is 0 Å². The Labute approximate surface area is 237 Å². The van der Waals surface area contributed by atoms with E-state index in [1.165, 1.54) is 11.0 Å². The summed E-state index contributed by atoms with van der Waals surface area (Å²) in [7, 11) is 0. The lowest BCUT2D eigenvalue weighted by atomic mass is 9.71. The van der Waals surface area contributed by atoms with E-state index in [-0.39, 0.29) is 34.9 Å². The smallest absolute Gasteiger partial charge is 0.364 e. The van der Waals surface area contributed by atoms with Gasteiger partial charge in [0, 0.05) is 42.4 Å². The van der Waals surface area contributed by atoms with Crippen LogP contribution in [0.3, 0.4) is 0 Å². The molecule has 1 amide bonds. The van der Waals surface area contributed by atoms with Gasteiger partial charge in [-0.2, -0.15) is 13.2 Å². The van der Waals surface area contributed by atoms with E-state index in [0.717, 1.165) is 75.1 Å². The molecule has 3 fully saturated rings. The van der Waals surface area contributed by atoms with Crippen molar-refractivity contribution >= 4 is 11.6 Å². The van der Waals surface area contributed by atoms with Crippen LogP contribution in [-0.4, -0.2) is 42.1 Å². The molecule has 4 aliphatic rings. The van der Waals surface area contributed by atoms with Gasteiger partial charge in [-0.15, -0.1) is 0 Å². The number of aryl methyl sites for hydroxylation is 1. The molecule has 0 radical (unpaired) electrons. The van der Waals surface area contributed by atoms with Crippen molar-refractivity contribution < 1.29 is 22.5 Å². The molecule has 9 heteroatoms. The van der Waals surface area contributed by atoms with E-state index < -0.39 is 11.7 Å². The zero-order valence-electron chi connectivity index (χ0n) is 23.3. The highest BCUT2D eigenvalue weighted by Crippen LogP contribution is 2.45. The first-order chi connectivity index (χ1) is 19.7. The van der Waals surface area contributed by atoms with Gasteiger partial charge < -0.3 is 14.7 Å². The Balaban J connectivity index is 1.19. The standard InChI is InChI=1S/C32H35F3N4O2/c1-20-17-41-37-29(20)28(22-4-2-5-22)23-6-3-7-24(14-23)39-16-26-25(30(39)40)12-21(13-27(26)32(33,34)35)15-38-11-9-31(19-38)8-10-36-18-31/h3,6-7,12-14,17,22,28,36H,2,4-5,8-11,15-16,18-19H2,1H3/t28-,31+/m1/s1. The molecule has 0 bridgehead atoms. The molecule has 3 aliphatic heterocycles. The fraction of sp³-hybridized carbons (Fsp3) is 0.500. The molecular formula is C32H35F3N4O2. The average molecular weight is 565 g/mol. The maximum absolute atomic E-state index is 14.4. The van der Waals surface area contributed by atoms with Gasteiger partial charge in [-0.3, -0.25) is 9.69 Å². The average Bonchev–Trinajstić information content (AvgIpc) is 3.71. The topological polar surface area (TPSA) is 61.6 Å². The minimum atomic E-state index is -4.54. The minimum Gasteiger partial charge on any atom is -0.364 e. The van der Waals surface area contributed by atoms with Gasteiger partial charge in [-0.05, 0) is 98.0 Å². The first kappa shape index (κ1) is 26.7. The van der Waals surface area contributed by atoms with E-state index in [2.05, 4.69) is 15.4 Å². The number of halogens is 3. The van der Waals surface area contributed by atoms with Crippen molar-refractivity contribution in [2.24, 2.45) is 11.3 Å². The first-order valence-corrected chi connectivity index (χ1v) is 14.7. The lowest BCUT2D eigenvalue weighted by Gasteiger charge is -2.33. The molecule has 2 aromatic carbocycles. The van der Waals surface area contributed by atoms with Crippen molar-refractivity contribution in [1.29, 1.82) is 0 Å². The Bertz CT molecular complexity index is 1470. The van der Waals surface area contributed by atoms with Gasteiger partial charge in [0.15, 0.2) is 0 Å². The van der Waals surface area contributed by atoms with Crippen LogP contribution < -0.4 is 10.2 Å². The molecule has 216 valence electrons. The number of benzene rings is 2. The van der Waals surface area contributed by atoms with Crippen LogP contribution in [0.2, 0.25) is 0 Å². The van der Waals surface area contributed by atoms with Gasteiger partial charge in [0.1, 0.15) is 6.26 Å². The molecular weight excluding hydrogens is 529 g/mol. The predicted octanol–water partition coefficient (Wildman–Crippen LogP) is 6.28. The zero-order chi connectivity index (χ0) is 28.4. The predicted molar refractivity (Wildman–Crippen MR) is 149 cm³/mol. The number of hydrogen-bond acceptors (Lipinski definition) is 5. The molecule has 0 unspecified atom stereocenters. The molecule has 2 atom stereocenters. The fourth-order valence-corrected chi connectivity index (χ4v) is 7.49. The number of alkyl halides is 3. The molecule has 1 saturated carbocycles. The van der Waals surface area contributed by atoms with Crippen LogP contribution in [0.25, 0.3) is 0 Å². The number of nitrogens with zero attached hydrogens (tertiary/aromatic N) is 3. The molecule has 1 aromatic heterocycles. The van der Waals surface area contributed by atoms with Crippen molar-refractivity contribution in [3.63, 3.8) is 0 Å². The highest BCUT2D eigenvalue weighted by Gasteiger charge is 2.43. The monoisotopic (exact) mass is 564 g/mol. The summed E-state index contributed by atoms with van der Waals surface area (Å²) < 4.78 is 48.4. The van der Waals surface area contributed by atoms with Crippen molar-refractivity contribution in [3.8, 4) is 0 Å². The maximum atomic E-state index is 14.4. The largest absolute Gasteiger partial charge is 0.416 e. The lowest BCUT2D eigenvalue weighted by Crippen LogP contribution is -2.29. The van der Waals surface area contributed by atoms with Crippen molar-refractivity contribution in [3.05, 3.63) is 81.7 Å².